The summed E-state index contributed by atoms with van der Waals surface area (Å²) in [5, 5.41) is 0. The Balaban J connectivity index is 1.28. The maximum absolute atomic E-state index is 11.0. The normalized spacial score (nSPS) is 34.3. The van der Waals surface area contributed by atoms with Crippen molar-refractivity contribution in [1.29, 1.82) is 0 Å². The van der Waals surface area contributed by atoms with E-state index in [2.05, 4.69) is 0 Å². The first-order valence-electron chi connectivity index (χ1n) is 8.09. The molecule has 3 aliphatic rings. The van der Waals surface area contributed by atoms with E-state index >= 15 is 0 Å². The first-order chi connectivity index (χ1) is 11.2. The van der Waals surface area contributed by atoms with Gasteiger partial charge in [0, 0.05) is 6.42 Å². The second kappa shape index (κ2) is 7.83. The van der Waals surface area contributed by atoms with Crippen molar-refractivity contribution in [2.75, 3.05) is 26.4 Å². The van der Waals surface area contributed by atoms with Gasteiger partial charge in [-0.15, -0.1) is 0 Å². The predicted molar refractivity (Wildman–Crippen MR) is 75.0 cm³/mol. The van der Waals surface area contributed by atoms with E-state index in [1.54, 1.807) is 0 Å². The van der Waals surface area contributed by atoms with Crippen LogP contribution in [0.1, 0.15) is 32.1 Å². The zero-order valence-electron chi connectivity index (χ0n) is 12.9. The fraction of sp³-hybridized carbons (Fsp3) is 0.867. The summed E-state index contributed by atoms with van der Waals surface area (Å²) in [7, 11) is 0. The molecule has 0 N–H and O–H groups in total. The van der Waals surface area contributed by atoms with Gasteiger partial charge in [-0.3, -0.25) is 0 Å². The maximum atomic E-state index is 11.0. The summed E-state index contributed by atoms with van der Waals surface area (Å²) in [6.45, 7) is 1.45. The third-order valence-electron chi connectivity index (χ3n) is 4.23. The number of carbonyl (C=O) groups is 2. The monoisotopic (exact) mass is 330 g/mol. The van der Waals surface area contributed by atoms with E-state index < -0.39 is 12.3 Å². The Hall–Kier alpha value is -1.54. The molecule has 2 aliphatic heterocycles. The van der Waals surface area contributed by atoms with Gasteiger partial charge in [-0.2, -0.15) is 0 Å². The highest BCUT2D eigenvalue weighted by Crippen LogP contribution is 2.25. The van der Waals surface area contributed by atoms with Gasteiger partial charge in [0.1, 0.15) is 12.7 Å². The van der Waals surface area contributed by atoms with Crippen LogP contribution in [0.2, 0.25) is 0 Å². The van der Waals surface area contributed by atoms with Crippen molar-refractivity contribution < 1.29 is 38.0 Å². The Morgan fingerprint density at radius 3 is 1.91 bits per heavy atom. The van der Waals surface area contributed by atoms with E-state index in [4.69, 9.17) is 28.4 Å². The van der Waals surface area contributed by atoms with Crippen LogP contribution in [0.4, 0.5) is 9.59 Å². The molecule has 2 heterocycles. The second-order valence-corrected chi connectivity index (χ2v) is 5.99. The molecular formula is C15H22O8. The van der Waals surface area contributed by atoms with Crippen LogP contribution in [0.5, 0.6) is 0 Å². The van der Waals surface area contributed by atoms with Gasteiger partial charge in [0.25, 0.3) is 0 Å². The molecule has 0 aromatic carbocycles. The van der Waals surface area contributed by atoms with Crippen molar-refractivity contribution in [3.8, 4) is 0 Å². The summed E-state index contributed by atoms with van der Waals surface area (Å²) in [6.07, 6.45) is 2.89. The molecule has 2 atom stereocenters. The number of hydrogen-bond donors (Lipinski definition) is 0. The third kappa shape index (κ3) is 4.97. The van der Waals surface area contributed by atoms with Gasteiger partial charge in [-0.25, -0.2) is 9.59 Å². The van der Waals surface area contributed by atoms with Crippen molar-refractivity contribution in [3.63, 3.8) is 0 Å². The second-order valence-electron chi connectivity index (χ2n) is 5.99. The molecule has 8 heteroatoms. The molecule has 2 saturated heterocycles. The minimum atomic E-state index is -0.621. The van der Waals surface area contributed by atoms with E-state index in [1.165, 1.54) is 0 Å². The average molecular weight is 330 g/mol. The van der Waals surface area contributed by atoms with Gasteiger partial charge in [0.05, 0.1) is 32.0 Å². The van der Waals surface area contributed by atoms with E-state index in [1.807, 2.05) is 0 Å². The summed E-state index contributed by atoms with van der Waals surface area (Å²) in [5.41, 5.74) is 0. The lowest BCUT2D eigenvalue weighted by Gasteiger charge is -2.30. The van der Waals surface area contributed by atoms with Gasteiger partial charge in [0.15, 0.2) is 6.10 Å². The molecule has 3 fully saturated rings. The quantitative estimate of drug-likeness (QED) is 0.681. The van der Waals surface area contributed by atoms with Gasteiger partial charge in [-0.05, 0) is 25.7 Å². The molecule has 0 aromatic rings. The number of carbonyl (C=O) groups excluding carboxylic acids is 2. The van der Waals surface area contributed by atoms with E-state index in [-0.39, 0.29) is 31.0 Å². The Kier molecular flexibility index (Phi) is 5.56. The van der Waals surface area contributed by atoms with Crippen LogP contribution in [-0.4, -0.2) is 63.2 Å². The summed E-state index contributed by atoms with van der Waals surface area (Å²) in [4.78, 5) is 21.8. The predicted octanol–water partition coefficient (Wildman–Crippen LogP) is 1.79. The first kappa shape index (κ1) is 16.3. The molecule has 1 aliphatic carbocycles. The highest BCUT2D eigenvalue weighted by Gasteiger charge is 2.29. The van der Waals surface area contributed by atoms with Crippen LogP contribution >= 0.6 is 0 Å². The zero-order chi connectivity index (χ0) is 16.1. The standard InChI is InChI=1S/C15H22O8/c16-14-18-6-5-12(22-14)7-19-10-1-3-11(4-2-10)20-8-13-9-21-15(17)23-13/h10-13H,1-9H2. The minimum absolute atomic E-state index is 0.162. The largest absolute Gasteiger partial charge is 0.508 e. The van der Waals surface area contributed by atoms with Crippen molar-refractivity contribution >= 4 is 12.3 Å². The van der Waals surface area contributed by atoms with Crippen LogP contribution in [-0.2, 0) is 28.4 Å². The zero-order valence-corrected chi connectivity index (χ0v) is 12.9. The molecule has 0 amide bonds. The molecule has 0 aromatic heterocycles. The third-order valence-corrected chi connectivity index (χ3v) is 4.23. The van der Waals surface area contributed by atoms with E-state index in [0.717, 1.165) is 25.7 Å². The Morgan fingerprint density at radius 2 is 1.35 bits per heavy atom. The summed E-state index contributed by atoms with van der Waals surface area (Å²) in [6, 6.07) is 0. The van der Waals surface area contributed by atoms with Crippen molar-refractivity contribution in [2.24, 2.45) is 0 Å². The fourth-order valence-electron chi connectivity index (χ4n) is 2.92. The van der Waals surface area contributed by atoms with E-state index in [9.17, 15) is 9.59 Å². The molecule has 1 saturated carbocycles. The van der Waals surface area contributed by atoms with Crippen molar-refractivity contribution in [3.05, 3.63) is 0 Å². The van der Waals surface area contributed by atoms with Crippen molar-refractivity contribution in [1.82, 2.24) is 0 Å². The number of rotatable bonds is 6. The summed E-state index contributed by atoms with van der Waals surface area (Å²) < 4.78 is 31.0. The molecular weight excluding hydrogens is 308 g/mol. The van der Waals surface area contributed by atoms with Gasteiger partial charge in [-0.1, -0.05) is 0 Å². The van der Waals surface area contributed by atoms with Gasteiger partial charge < -0.3 is 28.4 Å². The Morgan fingerprint density at radius 1 is 0.783 bits per heavy atom. The molecule has 0 radical (unpaired) electrons. The lowest BCUT2D eigenvalue weighted by atomic mass is 9.95. The number of cyclic esters (lactones) is 4. The average Bonchev–Trinajstić information content (AvgIpc) is 2.98. The van der Waals surface area contributed by atoms with Crippen LogP contribution < -0.4 is 0 Å². The highest BCUT2D eigenvalue weighted by molar-refractivity contribution is 5.61. The molecule has 23 heavy (non-hydrogen) atoms. The van der Waals surface area contributed by atoms with Crippen LogP contribution in [0.3, 0.4) is 0 Å². The Labute approximate surface area is 134 Å². The van der Waals surface area contributed by atoms with Crippen LogP contribution in [0, 0.1) is 0 Å². The summed E-state index contributed by atoms with van der Waals surface area (Å²) >= 11 is 0. The molecule has 0 spiro atoms. The molecule has 130 valence electrons. The van der Waals surface area contributed by atoms with Gasteiger partial charge in [0.2, 0.25) is 0 Å². The van der Waals surface area contributed by atoms with Crippen molar-refractivity contribution in [2.45, 2.75) is 56.5 Å². The number of hydrogen-bond acceptors (Lipinski definition) is 8. The Bertz CT molecular complexity index is 418. The smallest absolute Gasteiger partial charge is 0.434 e. The van der Waals surface area contributed by atoms with E-state index in [0.29, 0.717) is 26.2 Å². The summed E-state index contributed by atoms with van der Waals surface area (Å²) in [5.74, 6) is 0. The molecule has 2 unspecified atom stereocenters. The molecule has 8 nitrogen and oxygen atoms in total. The lowest BCUT2D eigenvalue weighted by molar-refractivity contribution is -0.0890. The minimum Gasteiger partial charge on any atom is -0.434 e. The molecule has 0 bridgehead atoms. The fourth-order valence-corrected chi connectivity index (χ4v) is 2.92. The lowest BCUT2D eigenvalue weighted by Crippen LogP contribution is -2.34. The SMILES string of the molecule is O=C1OCCC(COC2CCC(OCC3COC(=O)O3)CC2)O1. The van der Waals surface area contributed by atoms with Crippen LogP contribution in [0.15, 0.2) is 0 Å². The number of ether oxygens (including phenoxy) is 6. The van der Waals surface area contributed by atoms with Crippen LogP contribution in [0.25, 0.3) is 0 Å². The maximum Gasteiger partial charge on any atom is 0.508 e. The topological polar surface area (TPSA) is 89.5 Å². The molecule has 3 rings (SSSR count). The highest BCUT2D eigenvalue weighted by atomic mass is 16.8. The van der Waals surface area contributed by atoms with Gasteiger partial charge >= 0.3 is 12.3 Å². The first-order valence-corrected chi connectivity index (χ1v) is 8.09.